The van der Waals surface area contributed by atoms with Crippen LogP contribution in [-0.2, 0) is 14.3 Å². The third-order valence-corrected chi connectivity index (χ3v) is 4.66. The van der Waals surface area contributed by atoms with Crippen LogP contribution in [0.4, 0.5) is 4.79 Å². The summed E-state index contributed by atoms with van der Waals surface area (Å²) in [6, 6.07) is 0.0279. The van der Waals surface area contributed by atoms with Gasteiger partial charge in [-0.3, -0.25) is 9.59 Å². The van der Waals surface area contributed by atoms with Crippen LogP contribution in [0.1, 0.15) is 51.9 Å². The van der Waals surface area contributed by atoms with Gasteiger partial charge < -0.3 is 19.9 Å². The summed E-state index contributed by atoms with van der Waals surface area (Å²) in [7, 11) is 0. The van der Waals surface area contributed by atoms with Gasteiger partial charge >= 0.3 is 6.09 Å². The van der Waals surface area contributed by atoms with E-state index in [0.29, 0.717) is 32.5 Å². The molecule has 2 aliphatic heterocycles. The Labute approximate surface area is 143 Å². The van der Waals surface area contributed by atoms with Crippen LogP contribution in [0.3, 0.4) is 0 Å². The lowest BCUT2D eigenvalue weighted by Gasteiger charge is -2.31. The summed E-state index contributed by atoms with van der Waals surface area (Å²) in [5.74, 6) is -0.280. The number of carbonyl (C=O) groups excluding carboxylic acids is 3. The molecule has 0 atom stereocenters. The fourth-order valence-corrected chi connectivity index (χ4v) is 3.27. The average molecular weight is 339 g/mol. The van der Waals surface area contributed by atoms with Crippen molar-refractivity contribution in [3.8, 4) is 0 Å². The number of hydrogen-bond donors (Lipinski definition) is 1. The second-order valence-electron chi connectivity index (χ2n) is 6.50. The van der Waals surface area contributed by atoms with Gasteiger partial charge in [0.05, 0.1) is 6.61 Å². The van der Waals surface area contributed by atoms with Crippen molar-refractivity contribution in [3.63, 3.8) is 0 Å². The first-order valence-electron chi connectivity index (χ1n) is 9.09. The predicted molar refractivity (Wildman–Crippen MR) is 89.4 cm³/mol. The summed E-state index contributed by atoms with van der Waals surface area (Å²) in [5.41, 5.74) is 0. The molecule has 2 saturated heterocycles. The number of nitrogens with zero attached hydrogens (tertiary/aromatic N) is 2. The van der Waals surface area contributed by atoms with E-state index in [1.807, 2.05) is 4.90 Å². The lowest BCUT2D eigenvalue weighted by atomic mass is 10.1. The predicted octanol–water partition coefficient (Wildman–Crippen LogP) is 1.52. The van der Waals surface area contributed by atoms with E-state index >= 15 is 0 Å². The van der Waals surface area contributed by atoms with E-state index in [2.05, 4.69) is 5.32 Å². The van der Waals surface area contributed by atoms with Gasteiger partial charge in [0.15, 0.2) is 0 Å². The number of piperidine rings is 1. The van der Waals surface area contributed by atoms with Gasteiger partial charge in [0, 0.05) is 32.2 Å². The van der Waals surface area contributed by atoms with Crippen LogP contribution in [0.25, 0.3) is 0 Å². The van der Waals surface area contributed by atoms with Crippen LogP contribution in [0.15, 0.2) is 0 Å². The molecule has 2 heterocycles. The highest BCUT2D eigenvalue weighted by Gasteiger charge is 2.25. The Kier molecular flexibility index (Phi) is 7.34. The Hall–Kier alpha value is -1.79. The molecule has 7 heteroatoms. The molecule has 136 valence electrons. The molecule has 0 bridgehead atoms. The first kappa shape index (κ1) is 18.5. The van der Waals surface area contributed by atoms with Crippen LogP contribution in [-0.4, -0.2) is 66.5 Å². The van der Waals surface area contributed by atoms with Gasteiger partial charge in [-0.25, -0.2) is 4.79 Å². The first-order valence-corrected chi connectivity index (χ1v) is 9.09. The van der Waals surface area contributed by atoms with E-state index in [9.17, 15) is 14.4 Å². The molecule has 2 aliphatic rings. The van der Waals surface area contributed by atoms with Gasteiger partial charge in [0.25, 0.3) is 0 Å². The van der Waals surface area contributed by atoms with Crippen molar-refractivity contribution >= 4 is 17.9 Å². The second-order valence-corrected chi connectivity index (χ2v) is 6.50. The summed E-state index contributed by atoms with van der Waals surface area (Å²) >= 11 is 0. The largest absolute Gasteiger partial charge is 0.450 e. The molecule has 3 amide bonds. The monoisotopic (exact) mass is 339 g/mol. The molecule has 2 rings (SSSR count). The van der Waals surface area contributed by atoms with Crippen LogP contribution in [0.2, 0.25) is 0 Å². The van der Waals surface area contributed by atoms with E-state index in [4.69, 9.17) is 4.74 Å². The number of hydrogen-bond acceptors (Lipinski definition) is 4. The summed E-state index contributed by atoms with van der Waals surface area (Å²) in [5, 5.41) is 2.93. The van der Waals surface area contributed by atoms with Gasteiger partial charge in [-0.15, -0.1) is 0 Å². The fourth-order valence-electron chi connectivity index (χ4n) is 3.27. The van der Waals surface area contributed by atoms with E-state index < -0.39 is 0 Å². The lowest BCUT2D eigenvalue weighted by Crippen LogP contribution is -2.47. The minimum atomic E-state index is -0.293. The van der Waals surface area contributed by atoms with Crippen LogP contribution in [0, 0.1) is 0 Å². The minimum Gasteiger partial charge on any atom is -0.450 e. The molecular weight excluding hydrogens is 310 g/mol. The summed E-state index contributed by atoms with van der Waals surface area (Å²) < 4.78 is 4.98. The van der Waals surface area contributed by atoms with Crippen LogP contribution in [0.5, 0.6) is 0 Å². The zero-order chi connectivity index (χ0) is 17.4. The molecule has 0 saturated carbocycles. The van der Waals surface area contributed by atoms with Crippen molar-refractivity contribution in [2.24, 2.45) is 0 Å². The molecule has 0 aliphatic carbocycles. The van der Waals surface area contributed by atoms with Gasteiger partial charge in [-0.2, -0.15) is 0 Å². The minimum absolute atomic E-state index is 0.0279. The molecule has 24 heavy (non-hydrogen) atoms. The molecule has 0 spiro atoms. The zero-order valence-corrected chi connectivity index (χ0v) is 14.6. The average Bonchev–Trinajstić information content (AvgIpc) is 2.85. The maximum atomic E-state index is 12.2. The summed E-state index contributed by atoms with van der Waals surface area (Å²) in [6.45, 7) is 4.84. The molecular formula is C17H29N3O4. The van der Waals surface area contributed by atoms with Gasteiger partial charge in [0.1, 0.15) is 6.42 Å². The van der Waals surface area contributed by atoms with E-state index in [1.165, 1.54) is 0 Å². The standard InChI is InChI=1S/C17H29N3O4/c1-2-24-17(23)20-11-7-14(8-12-20)18-15(21)13-16(22)19-9-5-3-4-6-10-19/h14H,2-13H2,1H3,(H,18,21). The van der Waals surface area contributed by atoms with Crippen molar-refractivity contribution in [2.45, 2.75) is 57.9 Å². The van der Waals surface area contributed by atoms with Gasteiger partial charge in [0.2, 0.25) is 11.8 Å². The Morgan fingerprint density at radius 3 is 2.17 bits per heavy atom. The molecule has 2 fully saturated rings. The maximum absolute atomic E-state index is 12.2. The second kappa shape index (κ2) is 9.49. The quantitative estimate of drug-likeness (QED) is 0.788. The zero-order valence-electron chi connectivity index (χ0n) is 14.6. The SMILES string of the molecule is CCOC(=O)N1CCC(NC(=O)CC(=O)N2CCCCCC2)CC1. The van der Waals surface area contributed by atoms with Crippen LogP contribution < -0.4 is 5.32 Å². The third kappa shape index (κ3) is 5.69. The number of nitrogens with one attached hydrogen (secondary N) is 1. The Morgan fingerprint density at radius 2 is 1.58 bits per heavy atom. The number of ether oxygens (including phenoxy) is 1. The number of likely N-dealkylation sites (tertiary alicyclic amines) is 2. The molecule has 7 nitrogen and oxygen atoms in total. The number of carbonyl (C=O) groups is 3. The molecule has 0 aromatic carbocycles. The topological polar surface area (TPSA) is 79.0 Å². The van der Waals surface area contributed by atoms with Crippen LogP contribution >= 0.6 is 0 Å². The fraction of sp³-hybridized carbons (Fsp3) is 0.824. The molecule has 0 radical (unpaired) electrons. The van der Waals surface area contributed by atoms with Crippen molar-refractivity contribution in [3.05, 3.63) is 0 Å². The molecule has 0 unspecified atom stereocenters. The highest BCUT2D eigenvalue weighted by molar-refractivity contribution is 5.97. The van der Waals surface area contributed by atoms with Gasteiger partial charge in [-0.05, 0) is 32.6 Å². The van der Waals surface area contributed by atoms with Crippen molar-refractivity contribution < 1.29 is 19.1 Å². The highest BCUT2D eigenvalue weighted by Crippen LogP contribution is 2.13. The smallest absolute Gasteiger partial charge is 0.409 e. The molecule has 0 aromatic rings. The first-order chi connectivity index (χ1) is 11.6. The van der Waals surface area contributed by atoms with E-state index in [1.54, 1.807) is 11.8 Å². The summed E-state index contributed by atoms with van der Waals surface area (Å²) in [4.78, 5) is 39.4. The Morgan fingerprint density at radius 1 is 0.958 bits per heavy atom. The van der Waals surface area contributed by atoms with E-state index in [-0.39, 0.29) is 30.4 Å². The van der Waals surface area contributed by atoms with Crippen molar-refractivity contribution in [1.82, 2.24) is 15.1 Å². The Balaban J connectivity index is 1.69. The lowest BCUT2D eigenvalue weighted by molar-refractivity contribution is -0.136. The third-order valence-electron chi connectivity index (χ3n) is 4.66. The normalized spacial score (nSPS) is 19.5. The molecule has 1 N–H and O–H groups in total. The number of rotatable bonds is 4. The van der Waals surface area contributed by atoms with Crippen molar-refractivity contribution in [2.75, 3.05) is 32.8 Å². The summed E-state index contributed by atoms with van der Waals surface area (Å²) in [6.07, 6.45) is 5.41. The van der Waals surface area contributed by atoms with Crippen molar-refractivity contribution in [1.29, 1.82) is 0 Å². The Bertz CT molecular complexity index is 439. The molecule has 0 aromatic heterocycles. The van der Waals surface area contributed by atoms with E-state index in [0.717, 1.165) is 38.8 Å². The highest BCUT2D eigenvalue weighted by atomic mass is 16.6. The maximum Gasteiger partial charge on any atom is 0.409 e. The number of amides is 3. The van der Waals surface area contributed by atoms with Gasteiger partial charge in [-0.1, -0.05) is 12.8 Å².